The Bertz CT molecular complexity index is 1340. The fourth-order valence-electron chi connectivity index (χ4n) is 3.67. The molecule has 0 radical (unpaired) electrons. The minimum Gasteiger partial charge on any atom is -0.464 e. The molecule has 5 rings (SSSR count). The molecule has 5 nitrogen and oxygen atoms in total. The third-order valence-electron chi connectivity index (χ3n) is 5.32. The van der Waals surface area contributed by atoms with Gasteiger partial charge in [0.05, 0.1) is 11.8 Å². The van der Waals surface area contributed by atoms with Crippen molar-refractivity contribution in [1.82, 2.24) is 9.55 Å². The SMILES string of the molecule is Cc1cc2cc(Cn3cccc3)cnc2cc1NC(=O)c1ccc(-c2ccco2)cc1. The van der Waals surface area contributed by atoms with E-state index in [1.165, 1.54) is 0 Å². The molecule has 0 saturated carbocycles. The van der Waals surface area contributed by atoms with E-state index in [2.05, 4.69) is 27.0 Å². The molecular weight excluding hydrogens is 386 g/mol. The fourth-order valence-corrected chi connectivity index (χ4v) is 3.67. The third kappa shape index (κ3) is 3.98. The summed E-state index contributed by atoms with van der Waals surface area (Å²) in [5.41, 5.74) is 5.27. The standard InChI is InChI=1S/C26H21N3O2/c1-18-13-22-14-19(17-29-10-2-3-11-29)16-27-24(22)15-23(18)28-26(30)21-8-6-20(7-9-21)25-5-4-12-31-25/h2-16H,17H2,1H3,(H,28,30). The molecule has 0 spiro atoms. The summed E-state index contributed by atoms with van der Waals surface area (Å²) in [5.74, 6) is 0.622. The molecular formula is C26H21N3O2. The van der Waals surface area contributed by atoms with E-state index in [9.17, 15) is 4.79 Å². The molecule has 0 atom stereocenters. The smallest absolute Gasteiger partial charge is 0.255 e. The molecule has 152 valence electrons. The van der Waals surface area contributed by atoms with Crippen LogP contribution in [0.4, 0.5) is 5.69 Å². The number of benzene rings is 2. The van der Waals surface area contributed by atoms with Crippen LogP contribution in [0.15, 0.2) is 96.0 Å². The van der Waals surface area contributed by atoms with Crippen LogP contribution in [0.1, 0.15) is 21.5 Å². The van der Waals surface area contributed by atoms with Crippen LogP contribution in [0, 0.1) is 6.92 Å². The van der Waals surface area contributed by atoms with Gasteiger partial charge in [0, 0.05) is 47.3 Å². The van der Waals surface area contributed by atoms with E-state index >= 15 is 0 Å². The Hall–Kier alpha value is -4.12. The first-order chi connectivity index (χ1) is 15.2. The van der Waals surface area contributed by atoms with Crippen molar-refractivity contribution in [3.8, 4) is 11.3 Å². The lowest BCUT2D eigenvalue weighted by Crippen LogP contribution is -2.12. The molecule has 0 aliphatic heterocycles. The number of aromatic nitrogens is 2. The van der Waals surface area contributed by atoms with Crippen LogP contribution < -0.4 is 5.32 Å². The van der Waals surface area contributed by atoms with Crippen molar-refractivity contribution in [3.63, 3.8) is 0 Å². The van der Waals surface area contributed by atoms with Crippen molar-refractivity contribution in [2.24, 2.45) is 0 Å². The van der Waals surface area contributed by atoms with Crippen molar-refractivity contribution in [2.75, 3.05) is 5.32 Å². The van der Waals surface area contributed by atoms with E-state index < -0.39 is 0 Å². The number of rotatable bonds is 5. The van der Waals surface area contributed by atoms with E-state index in [1.807, 2.05) is 68.0 Å². The maximum atomic E-state index is 12.8. The van der Waals surface area contributed by atoms with Gasteiger partial charge in [0.25, 0.3) is 5.91 Å². The molecule has 5 aromatic rings. The van der Waals surface area contributed by atoms with Gasteiger partial charge in [-0.05, 0) is 72.6 Å². The molecule has 0 aliphatic rings. The van der Waals surface area contributed by atoms with Crippen LogP contribution in [0.3, 0.4) is 0 Å². The van der Waals surface area contributed by atoms with Crippen LogP contribution in [-0.4, -0.2) is 15.5 Å². The van der Waals surface area contributed by atoms with Gasteiger partial charge in [0.1, 0.15) is 5.76 Å². The number of furan rings is 1. The number of amides is 1. The number of fused-ring (bicyclic) bond motifs is 1. The zero-order valence-corrected chi connectivity index (χ0v) is 17.1. The van der Waals surface area contributed by atoms with Gasteiger partial charge in [-0.2, -0.15) is 0 Å². The molecule has 3 aromatic heterocycles. The Balaban J connectivity index is 1.35. The quantitative estimate of drug-likeness (QED) is 0.394. The summed E-state index contributed by atoms with van der Waals surface area (Å²) in [6.07, 6.45) is 7.59. The summed E-state index contributed by atoms with van der Waals surface area (Å²) in [6, 6.07) is 21.3. The van der Waals surface area contributed by atoms with Gasteiger partial charge in [-0.1, -0.05) is 12.1 Å². The molecule has 1 N–H and O–H groups in total. The lowest BCUT2D eigenvalue weighted by molar-refractivity contribution is 0.102. The molecule has 0 aliphatic carbocycles. The largest absolute Gasteiger partial charge is 0.464 e. The first kappa shape index (κ1) is 18.9. The Morgan fingerprint density at radius 3 is 2.58 bits per heavy atom. The highest BCUT2D eigenvalue weighted by atomic mass is 16.3. The number of carbonyl (C=O) groups is 1. The molecule has 5 heteroatoms. The highest BCUT2D eigenvalue weighted by Gasteiger charge is 2.11. The summed E-state index contributed by atoms with van der Waals surface area (Å²) < 4.78 is 7.51. The number of carbonyl (C=O) groups excluding carboxylic acids is 1. The molecule has 0 saturated heterocycles. The second kappa shape index (κ2) is 7.95. The molecule has 0 unspecified atom stereocenters. The zero-order valence-electron chi connectivity index (χ0n) is 17.1. The predicted molar refractivity (Wildman–Crippen MR) is 122 cm³/mol. The van der Waals surface area contributed by atoms with Crippen LogP contribution >= 0.6 is 0 Å². The summed E-state index contributed by atoms with van der Waals surface area (Å²) in [5, 5.41) is 4.08. The topological polar surface area (TPSA) is 60.1 Å². The molecule has 0 fully saturated rings. The van der Waals surface area contributed by atoms with Crippen molar-refractivity contribution < 1.29 is 9.21 Å². The highest BCUT2D eigenvalue weighted by Crippen LogP contribution is 2.25. The second-order valence-electron chi connectivity index (χ2n) is 7.57. The van der Waals surface area contributed by atoms with Crippen molar-refractivity contribution in [1.29, 1.82) is 0 Å². The Labute approximate surface area is 180 Å². The van der Waals surface area contributed by atoms with Gasteiger partial charge in [0.15, 0.2) is 0 Å². The van der Waals surface area contributed by atoms with Crippen molar-refractivity contribution in [2.45, 2.75) is 13.5 Å². The van der Waals surface area contributed by atoms with Crippen LogP contribution in [-0.2, 0) is 6.54 Å². The zero-order chi connectivity index (χ0) is 21.2. The normalized spacial score (nSPS) is 11.0. The number of anilines is 1. The van der Waals surface area contributed by atoms with Crippen molar-refractivity contribution in [3.05, 3.63) is 108 Å². The van der Waals surface area contributed by atoms with E-state index in [-0.39, 0.29) is 5.91 Å². The third-order valence-corrected chi connectivity index (χ3v) is 5.32. The Morgan fingerprint density at radius 2 is 1.84 bits per heavy atom. The van der Waals surface area contributed by atoms with Gasteiger partial charge < -0.3 is 14.3 Å². The first-order valence-electron chi connectivity index (χ1n) is 10.1. The monoisotopic (exact) mass is 407 g/mol. The molecule has 2 aromatic carbocycles. The van der Waals surface area contributed by atoms with Gasteiger partial charge in [-0.25, -0.2) is 0 Å². The van der Waals surface area contributed by atoms with E-state index in [4.69, 9.17) is 4.42 Å². The predicted octanol–water partition coefficient (Wildman–Crippen LogP) is 5.91. The number of nitrogens with one attached hydrogen (secondary N) is 1. The fraction of sp³-hybridized carbons (Fsp3) is 0.0769. The first-order valence-corrected chi connectivity index (χ1v) is 10.1. The average molecular weight is 407 g/mol. The maximum Gasteiger partial charge on any atom is 0.255 e. The minimum atomic E-state index is -0.155. The van der Waals surface area contributed by atoms with Crippen molar-refractivity contribution >= 4 is 22.5 Å². The molecule has 3 heterocycles. The number of nitrogens with zero attached hydrogens (tertiary/aromatic N) is 2. The lowest BCUT2D eigenvalue weighted by Gasteiger charge is -2.11. The van der Waals surface area contributed by atoms with Gasteiger partial charge in [-0.15, -0.1) is 0 Å². The van der Waals surface area contributed by atoms with Crippen LogP contribution in [0.5, 0.6) is 0 Å². The van der Waals surface area contributed by atoms with Crippen LogP contribution in [0.25, 0.3) is 22.2 Å². The average Bonchev–Trinajstić information content (AvgIpc) is 3.49. The Morgan fingerprint density at radius 1 is 1.03 bits per heavy atom. The van der Waals surface area contributed by atoms with E-state index in [0.29, 0.717) is 5.56 Å². The number of aryl methyl sites for hydroxylation is 1. The number of pyridine rings is 1. The summed E-state index contributed by atoms with van der Waals surface area (Å²) >= 11 is 0. The van der Waals surface area contributed by atoms with E-state index in [0.717, 1.165) is 45.6 Å². The summed E-state index contributed by atoms with van der Waals surface area (Å²) in [7, 11) is 0. The van der Waals surface area contributed by atoms with Gasteiger partial charge in [-0.3, -0.25) is 9.78 Å². The lowest BCUT2D eigenvalue weighted by atomic mass is 10.1. The summed E-state index contributed by atoms with van der Waals surface area (Å²) in [6.45, 7) is 2.77. The van der Waals surface area contributed by atoms with Gasteiger partial charge >= 0.3 is 0 Å². The molecule has 0 bridgehead atoms. The minimum absolute atomic E-state index is 0.155. The molecule has 31 heavy (non-hydrogen) atoms. The highest BCUT2D eigenvalue weighted by molar-refractivity contribution is 6.05. The second-order valence-corrected chi connectivity index (χ2v) is 7.57. The maximum absolute atomic E-state index is 12.8. The van der Waals surface area contributed by atoms with E-state index in [1.54, 1.807) is 18.4 Å². The Kier molecular flexibility index (Phi) is 4.84. The number of hydrogen-bond donors (Lipinski definition) is 1. The number of hydrogen-bond acceptors (Lipinski definition) is 3. The molecule has 1 amide bonds. The van der Waals surface area contributed by atoms with Crippen LogP contribution in [0.2, 0.25) is 0 Å². The van der Waals surface area contributed by atoms with Gasteiger partial charge in [0.2, 0.25) is 0 Å². The summed E-state index contributed by atoms with van der Waals surface area (Å²) in [4.78, 5) is 17.4.